The number of hydrogen-bond donors (Lipinski definition) is 1. The van der Waals surface area contributed by atoms with Crippen LogP contribution in [0.1, 0.15) is 29.8 Å². The van der Waals surface area contributed by atoms with Gasteiger partial charge in [-0.05, 0) is 42.8 Å². The molecule has 162 valence electrons. The molecule has 2 rings (SSSR count). The van der Waals surface area contributed by atoms with Gasteiger partial charge in [0.2, 0.25) is 10.0 Å². The summed E-state index contributed by atoms with van der Waals surface area (Å²) >= 11 is 0. The molecule has 1 N–H and O–H groups in total. The van der Waals surface area contributed by atoms with Crippen LogP contribution in [-0.4, -0.2) is 51.4 Å². The lowest BCUT2D eigenvalue weighted by molar-refractivity contribution is -0.119. The molecule has 0 radical (unpaired) electrons. The van der Waals surface area contributed by atoms with Crippen LogP contribution in [0.5, 0.6) is 5.75 Å². The Labute approximate surface area is 176 Å². The van der Waals surface area contributed by atoms with Crippen LogP contribution < -0.4 is 10.1 Å². The van der Waals surface area contributed by atoms with Crippen molar-refractivity contribution in [2.24, 2.45) is 0 Å². The molecule has 0 heterocycles. The minimum Gasteiger partial charge on any atom is -0.497 e. The van der Waals surface area contributed by atoms with Crippen molar-refractivity contribution < 1.29 is 27.5 Å². The number of aryl methyl sites for hydroxylation is 1. The first-order valence-electron chi connectivity index (χ1n) is 9.44. The highest BCUT2D eigenvalue weighted by molar-refractivity contribution is 7.89. The van der Waals surface area contributed by atoms with Gasteiger partial charge in [-0.1, -0.05) is 26.0 Å². The fourth-order valence-electron chi connectivity index (χ4n) is 2.82. The van der Waals surface area contributed by atoms with Gasteiger partial charge in [-0.3, -0.25) is 4.79 Å². The topological polar surface area (TPSA) is 102 Å². The highest BCUT2D eigenvalue weighted by atomic mass is 32.2. The van der Waals surface area contributed by atoms with Crippen LogP contribution in [0.3, 0.4) is 0 Å². The Bertz CT molecular complexity index is 1020. The number of carbonyl (C=O) groups excluding carboxylic acids is 2. The molecule has 0 aliphatic heterocycles. The molecule has 1 amide bonds. The van der Waals surface area contributed by atoms with E-state index in [0.29, 0.717) is 30.1 Å². The highest BCUT2D eigenvalue weighted by Gasteiger charge is 2.24. The molecule has 0 aliphatic rings. The van der Waals surface area contributed by atoms with Gasteiger partial charge in [0.1, 0.15) is 5.75 Å². The van der Waals surface area contributed by atoms with Gasteiger partial charge < -0.3 is 14.8 Å². The van der Waals surface area contributed by atoms with Crippen LogP contribution in [0, 0.1) is 6.92 Å². The summed E-state index contributed by atoms with van der Waals surface area (Å²) in [6.45, 7) is 5.39. The van der Waals surface area contributed by atoms with Crippen molar-refractivity contribution in [3.05, 3.63) is 53.6 Å². The van der Waals surface area contributed by atoms with Crippen LogP contribution in [0.25, 0.3) is 0 Å². The summed E-state index contributed by atoms with van der Waals surface area (Å²) in [6.07, 6.45) is 0. The molecule has 2 aromatic rings. The van der Waals surface area contributed by atoms with E-state index in [1.54, 1.807) is 51.1 Å². The molecule has 0 unspecified atom stereocenters. The molecule has 0 fully saturated rings. The molecule has 9 heteroatoms. The lowest BCUT2D eigenvalue weighted by Gasteiger charge is -2.20. The molecule has 0 saturated carbocycles. The molecule has 0 aliphatic carbocycles. The largest absolute Gasteiger partial charge is 0.497 e. The third-order valence-electron chi connectivity index (χ3n) is 4.43. The summed E-state index contributed by atoms with van der Waals surface area (Å²) in [5, 5.41) is 2.56. The lowest BCUT2D eigenvalue weighted by atomic mass is 10.2. The van der Waals surface area contributed by atoms with Crippen molar-refractivity contribution >= 4 is 27.6 Å². The van der Waals surface area contributed by atoms with Crippen molar-refractivity contribution in [1.82, 2.24) is 4.31 Å². The van der Waals surface area contributed by atoms with E-state index < -0.39 is 28.5 Å². The summed E-state index contributed by atoms with van der Waals surface area (Å²) in [5.74, 6) is -0.755. The van der Waals surface area contributed by atoms with Crippen LogP contribution in [0.4, 0.5) is 5.69 Å². The summed E-state index contributed by atoms with van der Waals surface area (Å²) in [6, 6.07) is 11.0. The Morgan fingerprint density at radius 1 is 1.07 bits per heavy atom. The van der Waals surface area contributed by atoms with Gasteiger partial charge in [-0.25, -0.2) is 13.2 Å². The number of benzene rings is 2. The maximum Gasteiger partial charge on any atom is 0.338 e. The van der Waals surface area contributed by atoms with Gasteiger partial charge in [-0.15, -0.1) is 0 Å². The fraction of sp³-hybridized carbons (Fsp3) is 0.333. The fourth-order valence-corrected chi connectivity index (χ4v) is 4.53. The smallest absolute Gasteiger partial charge is 0.338 e. The Balaban J connectivity index is 2.07. The molecule has 0 spiro atoms. The van der Waals surface area contributed by atoms with Crippen molar-refractivity contribution in [2.45, 2.75) is 25.7 Å². The first kappa shape index (κ1) is 23.4. The summed E-state index contributed by atoms with van der Waals surface area (Å²) in [4.78, 5) is 24.4. The average Bonchev–Trinajstić information content (AvgIpc) is 2.74. The molecule has 0 bridgehead atoms. The highest BCUT2D eigenvalue weighted by Crippen LogP contribution is 2.23. The normalized spacial score (nSPS) is 11.2. The van der Waals surface area contributed by atoms with Crippen molar-refractivity contribution in [3.8, 4) is 5.75 Å². The van der Waals surface area contributed by atoms with Gasteiger partial charge in [0.25, 0.3) is 5.91 Å². The van der Waals surface area contributed by atoms with Crippen LogP contribution in [0.15, 0.2) is 47.4 Å². The first-order valence-corrected chi connectivity index (χ1v) is 10.9. The zero-order valence-corrected chi connectivity index (χ0v) is 18.3. The van der Waals surface area contributed by atoms with Crippen molar-refractivity contribution in [2.75, 3.05) is 32.1 Å². The van der Waals surface area contributed by atoms with Crippen LogP contribution in [0.2, 0.25) is 0 Å². The van der Waals surface area contributed by atoms with Crippen LogP contribution in [-0.2, 0) is 19.6 Å². The number of sulfonamides is 1. The van der Waals surface area contributed by atoms with Gasteiger partial charge in [-0.2, -0.15) is 4.31 Å². The van der Waals surface area contributed by atoms with Gasteiger partial charge in [0.05, 0.1) is 17.6 Å². The zero-order chi connectivity index (χ0) is 22.3. The second-order valence-corrected chi connectivity index (χ2v) is 8.33. The third-order valence-corrected chi connectivity index (χ3v) is 6.63. The predicted molar refractivity (Wildman–Crippen MR) is 113 cm³/mol. The standard InChI is InChI=1S/C21H26N2O6S/c1-5-23(6-2)30(26,27)19-13-17(11-10-15(19)3)22-20(24)14-29-21(25)16-8-7-9-18(12-16)28-4/h7-13H,5-6,14H2,1-4H3,(H,22,24). The zero-order valence-electron chi connectivity index (χ0n) is 17.5. The van der Waals surface area contributed by atoms with Gasteiger partial charge >= 0.3 is 5.97 Å². The van der Waals surface area contributed by atoms with E-state index in [9.17, 15) is 18.0 Å². The Morgan fingerprint density at radius 2 is 1.77 bits per heavy atom. The number of anilines is 1. The van der Waals surface area contributed by atoms with E-state index in [1.807, 2.05) is 0 Å². The van der Waals surface area contributed by atoms with Crippen LogP contribution >= 0.6 is 0 Å². The number of nitrogens with one attached hydrogen (secondary N) is 1. The first-order chi connectivity index (χ1) is 14.2. The van der Waals surface area contributed by atoms with Gasteiger partial charge in [0.15, 0.2) is 6.61 Å². The maximum atomic E-state index is 12.8. The Kier molecular flexibility index (Phi) is 7.96. The lowest BCUT2D eigenvalue weighted by Crippen LogP contribution is -2.31. The molecular weight excluding hydrogens is 408 g/mol. The van der Waals surface area contributed by atoms with Gasteiger partial charge in [0, 0.05) is 18.8 Å². The quantitative estimate of drug-likeness (QED) is 0.609. The van der Waals surface area contributed by atoms with E-state index in [1.165, 1.54) is 23.5 Å². The second-order valence-electron chi connectivity index (χ2n) is 6.43. The minimum atomic E-state index is -3.67. The molecule has 0 atom stereocenters. The Morgan fingerprint density at radius 3 is 2.40 bits per heavy atom. The number of amides is 1. The average molecular weight is 435 g/mol. The molecule has 0 saturated heterocycles. The third kappa shape index (κ3) is 5.58. The molecule has 2 aromatic carbocycles. The predicted octanol–water partition coefficient (Wildman–Crippen LogP) is 2.83. The molecule has 8 nitrogen and oxygen atoms in total. The van der Waals surface area contributed by atoms with E-state index in [-0.39, 0.29) is 10.5 Å². The number of carbonyl (C=O) groups is 2. The summed E-state index contributed by atoms with van der Waals surface area (Å²) < 4.78 is 37.0. The molecule has 0 aromatic heterocycles. The number of methoxy groups -OCH3 is 1. The van der Waals surface area contributed by atoms with E-state index >= 15 is 0 Å². The van der Waals surface area contributed by atoms with E-state index in [0.717, 1.165) is 0 Å². The van der Waals surface area contributed by atoms with E-state index in [2.05, 4.69) is 5.32 Å². The molecule has 30 heavy (non-hydrogen) atoms. The number of ether oxygens (including phenoxy) is 2. The number of nitrogens with zero attached hydrogens (tertiary/aromatic N) is 1. The maximum absolute atomic E-state index is 12.8. The monoisotopic (exact) mass is 434 g/mol. The van der Waals surface area contributed by atoms with Crippen molar-refractivity contribution in [1.29, 1.82) is 0 Å². The Hall–Kier alpha value is -2.91. The number of esters is 1. The molecular formula is C21H26N2O6S. The summed E-state index contributed by atoms with van der Waals surface area (Å²) in [7, 11) is -2.19. The second kappa shape index (κ2) is 10.2. The SMILES string of the molecule is CCN(CC)S(=O)(=O)c1cc(NC(=O)COC(=O)c2cccc(OC)c2)ccc1C. The number of hydrogen-bond acceptors (Lipinski definition) is 6. The van der Waals surface area contributed by atoms with E-state index in [4.69, 9.17) is 9.47 Å². The minimum absolute atomic E-state index is 0.123. The van der Waals surface area contributed by atoms with Crippen molar-refractivity contribution in [3.63, 3.8) is 0 Å². The summed E-state index contributed by atoms with van der Waals surface area (Å²) in [5.41, 5.74) is 1.13. The number of rotatable bonds is 9.